The molecular formula is C12H10O3S2. The molecule has 0 radical (unpaired) electrons. The minimum absolute atomic E-state index is 0.0120. The molecule has 1 N–H and O–H groups in total. The number of thiol groups is 1. The average Bonchev–Trinajstić information content (AvgIpc) is 2.29. The van der Waals surface area contributed by atoms with Crippen molar-refractivity contribution in [3.63, 3.8) is 0 Å². The third-order valence-electron chi connectivity index (χ3n) is 2.29. The molecule has 0 aliphatic carbocycles. The van der Waals surface area contributed by atoms with Crippen LogP contribution in [0.1, 0.15) is 0 Å². The first-order valence-electron chi connectivity index (χ1n) is 4.84. The van der Waals surface area contributed by atoms with E-state index in [-0.39, 0.29) is 20.4 Å². The molecule has 2 aromatic carbocycles. The van der Waals surface area contributed by atoms with Gasteiger partial charge in [0.25, 0.3) is 0 Å². The summed E-state index contributed by atoms with van der Waals surface area (Å²) in [6.45, 7) is 0. The van der Waals surface area contributed by atoms with Gasteiger partial charge >= 0.3 is 0 Å². The summed E-state index contributed by atoms with van der Waals surface area (Å²) in [6, 6.07) is 12.1. The van der Waals surface area contributed by atoms with E-state index in [0.717, 1.165) is 0 Å². The van der Waals surface area contributed by atoms with Crippen molar-refractivity contribution in [2.75, 3.05) is 0 Å². The molecule has 5 heteroatoms. The Morgan fingerprint density at radius 3 is 2.24 bits per heavy atom. The smallest absolute Gasteiger partial charge is 0.207 e. The largest absolute Gasteiger partial charge is 0.508 e. The Morgan fingerprint density at radius 1 is 1.00 bits per heavy atom. The molecule has 2 rings (SSSR count). The van der Waals surface area contributed by atoms with Gasteiger partial charge in [-0.05, 0) is 30.3 Å². The van der Waals surface area contributed by atoms with E-state index in [1.54, 1.807) is 18.2 Å². The predicted molar refractivity (Wildman–Crippen MR) is 67.3 cm³/mol. The zero-order valence-corrected chi connectivity index (χ0v) is 10.4. The number of aromatic hydroxyl groups is 1. The maximum absolute atomic E-state index is 12.2. The van der Waals surface area contributed by atoms with Crippen LogP contribution in [0.2, 0.25) is 0 Å². The predicted octanol–water partition coefficient (Wildman–Crippen LogP) is 2.51. The summed E-state index contributed by atoms with van der Waals surface area (Å²) in [5.41, 5.74) is 0. The second-order valence-corrected chi connectivity index (χ2v) is 5.87. The van der Waals surface area contributed by atoms with E-state index in [9.17, 15) is 13.5 Å². The van der Waals surface area contributed by atoms with Crippen molar-refractivity contribution in [1.82, 2.24) is 0 Å². The van der Waals surface area contributed by atoms with Crippen LogP contribution in [0.5, 0.6) is 5.75 Å². The zero-order valence-electron chi connectivity index (χ0n) is 8.74. The van der Waals surface area contributed by atoms with Crippen molar-refractivity contribution in [3.8, 4) is 5.75 Å². The summed E-state index contributed by atoms with van der Waals surface area (Å²) in [5, 5.41) is 9.23. The first-order valence-corrected chi connectivity index (χ1v) is 6.77. The fourth-order valence-electron chi connectivity index (χ4n) is 1.46. The Bertz CT molecular complexity index is 634. The monoisotopic (exact) mass is 266 g/mol. The topological polar surface area (TPSA) is 54.4 Å². The van der Waals surface area contributed by atoms with Crippen LogP contribution in [-0.4, -0.2) is 13.5 Å². The van der Waals surface area contributed by atoms with Crippen LogP contribution in [0.3, 0.4) is 0 Å². The molecule has 2 aromatic rings. The van der Waals surface area contributed by atoms with E-state index in [1.807, 2.05) is 0 Å². The minimum Gasteiger partial charge on any atom is -0.508 e. The second kappa shape index (κ2) is 4.43. The Hall–Kier alpha value is -1.46. The van der Waals surface area contributed by atoms with E-state index >= 15 is 0 Å². The van der Waals surface area contributed by atoms with Gasteiger partial charge in [0.15, 0.2) is 0 Å². The molecule has 0 atom stereocenters. The van der Waals surface area contributed by atoms with Crippen LogP contribution < -0.4 is 0 Å². The molecule has 0 amide bonds. The highest BCUT2D eigenvalue weighted by Crippen LogP contribution is 2.28. The summed E-state index contributed by atoms with van der Waals surface area (Å²) in [7, 11) is -3.57. The lowest BCUT2D eigenvalue weighted by Crippen LogP contribution is -2.02. The number of benzene rings is 2. The molecule has 0 unspecified atom stereocenters. The lowest BCUT2D eigenvalue weighted by molar-refractivity contribution is 0.473. The summed E-state index contributed by atoms with van der Waals surface area (Å²) < 4.78 is 24.5. The SMILES string of the molecule is O=S(=O)(c1ccccc1)c1ccc(O)cc1S. The fraction of sp³-hybridized carbons (Fsp3) is 0. The van der Waals surface area contributed by atoms with Gasteiger partial charge in [-0.25, -0.2) is 8.42 Å². The summed E-state index contributed by atoms with van der Waals surface area (Å²) in [5.74, 6) is -0.0120. The average molecular weight is 266 g/mol. The maximum Gasteiger partial charge on any atom is 0.207 e. The Kier molecular flexibility index (Phi) is 3.13. The number of phenols is 1. The third kappa shape index (κ3) is 2.30. The second-order valence-electron chi connectivity index (χ2n) is 3.47. The van der Waals surface area contributed by atoms with Gasteiger partial charge in [0.2, 0.25) is 9.84 Å². The Balaban J connectivity index is 2.61. The van der Waals surface area contributed by atoms with Crippen LogP contribution in [-0.2, 0) is 9.84 Å². The molecule has 0 bridgehead atoms. The number of rotatable bonds is 2. The fourth-order valence-corrected chi connectivity index (χ4v) is 3.38. The van der Waals surface area contributed by atoms with Crippen molar-refractivity contribution >= 4 is 22.5 Å². The van der Waals surface area contributed by atoms with Crippen LogP contribution in [0, 0.1) is 0 Å². The van der Waals surface area contributed by atoms with Crippen molar-refractivity contribution < 1.29 is 13.5 Å². The maximum atomic E-state index is 12.2. The normalized spacial score (nSPS) is 11.4. The quantitative estimate of drug-likeness (QED) is 0.821. The van der Waals surface area contributed by atoms with Crippen LogP contribution in [0.15, 0.2) is 63.2 Å². The molecule has 0 saturated carbocycles. The number of phenolic OH excluding ortho intramolecular Hbond substituents is 1. The molecule has 0 fully saturated rings. The van der Waals surface area contributed by atoms with Crippen molar-refractivity contribution in [3.05, 3.63) is 48.5 Å². The lowest BCUT2D eigenvalue weighted by Gasteiger charge is -2.07. The van der Waals surface area contributed by atoms with Crippen LogP contribution in [0.4, 0.5) is 0 Å². The van der Waals surface area contributed by atoms with Gasteiger partial charge < -0.3 is 5.11 Å². The summed E-state index contributed by atoms with van der Waals surface area (Å²) in [4.78, 5) is 0.527. The minimum atomic E-state index is -3.57. The summed E-state index contributed by atoms with van der Waals surface area (Å²) in [6.07, 6.45) is 0. The highest BCUT2D eigenvalue weighted by molar-refractivity contribution is 7.92. The molecular weight excluding hydrogens is 256 g/mol. The van der Waals surface area contributed by atoms with E-state index in [4.69, 9.17) is 0 Å². The number of sulfone groups is 1. The molecule has 17 heavy (non-hydrogen) atoms. The summed E-state index contributed by atoms with van der Waals surface area (Å²) >= 11 is 4.07. The molecule has 3 nitrogen and oxygen atoms in total. The van der Waals surface area contributed by atoms with Gasteiger partial charge in [0, 0.05) is 4.90 Å². The highest BCUT2D eigenvalue weighted by atomic mass is 32.2. The van der Waals surface area contributed by atoms with Crippen molar-refractivity contribution in [2.24, 2.45) is 0 Å². The molecule has 0 aromatic heterocycles. The molecule has 0 spiro atoms. The third-order valence-corrected chi connectivity index (χ3v) is 4.63. The number of hydrogen-bond donors (Lipinski definition) is 2. The van der Waals surface area contributed by atoms with Gasteiger partial charge in [-0.1, -0.05) is 18.2 Å². The van der Waals surface area contributed by atoms with Crippen LogP contribution >= 0.6 is 12.6 Å². The molecule has 0 aliphatic rings. The first kappa shape index (κ1) is 12.0. The van der Waals surface area contributed by atoms with E-state index in [1.165, 1.54) is 30.3 Å². The van der Waals surface area contributed by atoms with Crippen molar-refractivity contribution in [1.29, 1.82) is 0 Å². The standard InChI is InChI=1S/C12H10O3S2/c13-9-6-7-12(11(16)8-9)17(14,15)10-4-2-1-3-5-10/h1-8,13,16H. The highest BCUT2D eigenvalue weighted by Gasteiger charge is 2.19. The van der Waals surface area contributed by atoms with Crippen LogP contribution in [0.25, 0.3) is 0 Å². The Morgan fingerprint density at radius 2 is 1.65 bits per heavy atom. The first-order chi connectivity index (χ1) is 8.01. The van der Waals surface area contributed by atoms with E-state index in [2.05, 4.69) is 12.6 Å². The number of hydrogen-bond acceptors (Lipinski definition) is 4. The molecule has 0 heterocycles. The van der Waals surface area contributed by atoms with Gasteiger partial charge in [-0.3, -0.25) is 0 Å². The molecule has 88 valence electrons. The van der Waals surface area contributed by atoms with Gasteiger partial charge in [0.1, 0.15) is 5.75 Å². The van der Waals surface area contributed by atoms with E-state index < -0.39 is 9.84 Å². The van der Waals surface area contributed by atoms with E-state index in [0.29, 0.717) is 0 Å². The molecule has 0 saturated heterocycles. The van der Waals surface area contributed by atoms with Gasteiger partial charge in [-0.15, -0.1) is 12.6 Å². The molecule has 0 aliphatic heterocycles. The van der Waals surface area contributed by atoms with Crippen molar-refractivity contribution in [2.45, 2.75) is 14.7 Å². The Labute approximate surface area is 105 Å². The van der Waals surface area contributed by atoms with Gasteiger partial charge in [-0.2, -0.15) is 0 Å². The van der Waals surface area contributed by atoms with Gasteiger partial charge in [0.05, 0.1) is 9.79 Å². The zero-order chi connectivity index (χ0) is 12.5. The lowest BCUT2D eigenvalue weighted by atomic mass is 10.3.